The number of piperidine rings is 2. The monoisotopic (exact) mass is 279 g/mol. The van der Waals surface area contributed by atoms with Crippen molar-refractivity contribution in [2.45, 2.75) is 44.6 Å². The highest BCUT2D eigenvalue weighted by molar-refractivity contribution is 5.78. The molecule has 1 saturated carbocycles. The third kappa shape index (κ3) is 3.34. The van der Waals surface area contributed by atoms with Crippen LogP contribution in [0, 0.1) is 11.8 Å². The van der Waals surface area contributed by atoms with Gasteiger partial charge in [0, 0.05) is 19.1 Å². The minimum Gasteiger partial charge on any atom is -0.341 e. The molecule has 20 heavy (non-hydrogen) atoms. The Kier molecular flexibility index (Phi) is 4.61. The SMILES string of the molecule is CN(CC(=O)N1C[C@@H]2CCC[C@@H](C2)C1)C1CCNCC1. The number of nitrogens with zero attached hydrogens (tertiary/aromatic N) is 2. The van der Waals surface area contributed by atoms with Gasteiger partial charge in [0.25, 0.3) is 0 Å². The molecule has 2 aliphatic heterocycles. The zero-order valence-corrected chi connectivity index (χ0v) is 12.8. The molecule has 2 bridgehead atoms. The highest BCUT2D eigenvalue weighted by Crippen LogP contribution is 2.34. The van der Waals surface area contributed by atoms with Gasteiger partial charge < -0.3 is 10.2 Å². The van der Waals surface area contributed by atoms with Crippen LogP contribution in [0.25, 0.3) is 0 Å². The molecule has 1 aliphatic carbocycles. The number of amides is 1. The Morgan fingerprint density at radius 1 is 1.15 bits per heavy atom. The van der Waals surface area contributed by atoms with Crippen LogP contribution in [0.4, 0.5) is 0 Å². The number of carbonyl (C=O) groups is 1. The topological polar surface area (TPSA) is 35.6 Å². The van der Waals surface area contributed by atoms with E-state index in [-0.39, 0.29) is 0 Å². The zero-order valence-electron chi connectivity index (χ0n) is 12.8. The van der Waals surface area contributed by atoms with Crippen molar-refractivity contribution < 1.29 is 4.79 Å². The minimum absolute atomic E-state index is 0.364. The van der Waals surface area contributed by atoms with E-state index in [0.717, 1.165) is 38.0 Å². The van der Waals surface area contributed by atoms with Crippen LogP contribution in [0.15, 0.2) is 0 Å². The molecule has 0 aromatic carbocycles. The molecule has 0 aromatic heterocycles. The molecule has 2 heterocycles. The van der Waals surface area contributed by atoms with Crippen LogP contribution in [0.2, 0.25) is 0 Å². The lowest BCUT2D eigenvalue weighted by atomic mass is 9.78. The van der Waals surface area contributed by atoms with Crippen molar-refractivity contribution in [3.05, 3.63) is 0 Å². The van der Waals surface area contributed by atoms with Crippen LogP contribution in [0.5, 0.6) is 0 Å². The average Bonchev–Trinajstić information content (AvgIpc) is 2.47. The standard InChI is InChI=1S/C16H29N3O/c1-18(15-5-7-17-8-6-15)12-16(20)19-10-13-3-2-4-14(9-13)11-19/h13-15,17H,2-12H2,1H3/t13-,14+. The van der Waals surface area contributed by atoms with Gasteiger partial charge in [0.2, 0.25) is 5.91 Å². The summed E-state index contributed by atoms with van der Waals surface area (Å²) in [6, 6.07) is 0.587. The molecule has 3 rings (SSSR count). The molecular weight excluding hydrogens is 250 g/mol. The van der Waals surface area contributed by atoms with E-state index >= 15 is 0 Å². The van der Waals surface area contributed by atoms with E-state index in [0.29, 0.717) is 18.5 Å². The van der Waals surface area contributed by atoms with E-state index in [1.807, 2.05) is 0 Å². The zero-order chi connectivity index (χ0) is 13.9. The largest absolute Gasteiger partial charge is 0.341 e. The molecule has 1 amide bonds. The predicted octanol–water partition coefficient (Wildman–Crippen LogP) is 1.32. The van der Waals surface area contributed by atoms with Crippen molar-refractivity contribution in [3.8, 4) is 0 Å². The first-order valence-electron chi connectivity index (χ1n) is 8.41. The number of hydrogen-bond donors (Lipinski definition) is 1. The smallest absolute Gasteiger partial charge is 0.236 e. The minimum atomic E-state index is 0.364. The number of carbonyl (C=O) groups excluding carboxylic acids is 1. The fraction of sp³-hybridized carbons (Fsp3) is 0.938. The van der Waals surface area contributed by atoms with Crippen molar-refractivity contribution in [2.75, 3.05) is 39.8 Å². The third-order valence-electron chi connectivity index (χ3n) is 5.52. The van der Waals surface area contributed by atoms with E-state index in [4.69, 9.17) is 0 Å². The van der Waals surface area contributed by atoms with Crippen LogP contribution in [0.3, 0.4) is 0 Å². The second-order valence-electron chi connectivity index (χ2n) is 7.09. The van der Waals surface area contributed by atoms with E-state index < -0.39 is 0 Å². The molecule has 0 radical (unpaired) electrons. The van der Waals surface area contributed by atoms with Crippen molar-refractivity contribution in [1.82, 2.24) is 15.1 Å². The Morgan fingerprint density at radius 3 is 2.45 bits per heavy atom. The molecule has 0 aromatic rings. The summed E-state index contributed by atoms with van der Waals surface area (Å²) in [5.74, 6) is 1.94. The average molecular weight is 279 g/mol. The molecule has 0 unspecified atom stereocenters. The van der Waals surface area contributed by atoms with Gasteiger partial charge in [-0.2, -0.15) is 0 Å². The first-order valence-corrected chi connectivity index (χ1v) is 8.41. The Hall–Kier alpha value is -0.610. The molecule has 3 aliphatic rings. The summed E-state index contributed by atoms with van der Waals surface area (Å²) in [5.41, 5.74) is 0. The summed E-state index contributed by atoms with van der Waals surface area (Å²) < 4.78 is 0. The maximum atomic E-state index is 12.6. The Morgan fingerprint density at radius 2 is 1.80 bits per heavy atom. The molecule has 2 saturated heterocycles. The number of rotatable bonds is 3. The normalized spacial score (nSPS) is 31.6. The van der Waals surface area contributed by atoms with Gasteiger partial charge in [-0.15, -0.1) is 0 Å². The molecule has 4 heteroatoms. The van der Waals surface area contributed by atoms with E-state index in [9.17, 15) is 4.79 Å². The first kappa shape index (κ1) is 14.3. The van der Waals surface area contributed by atoms with E-state index in [1.165, 1.54) is 38.5 Å². The molecule has 114 valence electrons. The van der Waals surface area contributed by atoms with Gasteiger partial charge in [0.1, 0.15) is 0 Å². The number of nitrogens with one attached hydrogen (secondary N) is 1. The van der Waals surface area contributed by atoms with Gasteiger partial charge in [0.05, 0.1) is 6.54 Å². The molecule has 4 nitrogen and oxygen atoms in total. The lowest BCUT2D eigenvalue weighted by Gasteiger charge is -2.42. The van der Waals surface area contributed by atoms with Gasteiger partial charge in [-0.25, -0.2) is 0 Å². The first-order chi connectivity index (χ1) is 9.72. The molecule has 1 N–H and O–H groups in total. The van der Waals surface area contributed by atoms with Gasteiger partial charge >= 0.3 is 0 Å². The summed E-state index contributed by atoms with van der Waals surface area (Å²) in [4.78, 5) is 17.0. The van der Waals surface area contributed by atoms with Crippen molar-refractivity contribution in [1.29, 1.82) is 0 Å². The molecule has 2 atom stereocenters. The van der Waals surface area contributed by atoms with Gasteiger partial charge in [-0.05, 0) is 64.1 Å². The summed E-state index contributed by atoms with van der Waals surface area (Å²) in [6.45, 7) is 4.85. The fourth-order valence-electron chi connectivity index (χ4n) is 4.33. The van der Waals surface area contributed by atoms with Gasteiger partial charge in [0.15, 0.2) is 0 Å². The Bertz CT molecular complexity index is 329. The summed E-state index contributed by atoms with van der Waals surface area (Å²) in [5, 5.41) is 3.39. The lowest BCUT2D eigenvalue weighted by Crippen LogP contribution is -2.50. The van der Waals surface area contributed by atoms with Crippen LogP contribution >= 0.6 is 0 Å². The number of fused-ring (bicyclic) bond motifs is 2. The van der Waals surface area contributed by atoms with Crippen molar-refractivity contribution >= 4 is 5.91 Å². The second kappa shape index (κ2) is 6.44. The highest BCUT2D eigenvalue weighted by Gasteiger charge is 2.33. The van der Waals surface area contributed by atoms with Crippen LogP contribution in [-0.2, 0) is 4.79 Å². The third-order valence-corrected chi connectivity index (χ3v) is 5.52. The van der Waals surface area contributed by atoms with Crippen LogP contribution < -0.4 is 5.32 Å². The number of likely N-dealkylation sites (tertiary alicyclic amines) is 1. The van der Waals surface area contributed by atoms with Crippen LogP contribution in [-0.4, -0.2) is 61.5 Å². The number of likely N-dealkylation sites (N-methyl/N-ethyl adjacent to an activating group) is 1. The van der Waals surface area contributed by atoms with E-state index in [2.05, 4.69) is 22.2 Å². The highest BCUT2D eigenvalue weighted by atomic mass is 16.2. The van der Waals surface area contributed by atoms with Crippen molar-refractivity contribution in [2.24, 2.45) is 11.8 Å². The quantitative estimate of drug-likeness (QED) is 0.846. The number of hydrogen-bond acceptors (Lipinski definition) is 3. The maximum Gasteiger partial charge on any atom is 0.236 e. The molecular formula is C16H29N3O. The summed E-state index contributed by atoms with van der Waals surface area (Å²) in [7, 11) is 2.12. The molecule has 0 spiro atoms. The van der Waals surface area contributed by atoms with Gasteiger partial charge in [-0.1, -0.05) is 6.42 Å². The predicted molar refractivity (Wildman–Crippen MR) is 80.5 cm³/mol. The van der Waals surface area contributed by atoms with Crippen LogP contribution in [0.1, 0.15) is 38.5 Å². The van der Waals surface area contributed by atoms with Crippen molar-refractivity contribution in [3.63, 3.8) is 0 Å². The summed E-state index contributed by atoms with van der Waals surface area (Å²) in [6.07, 6.45) is 7.78. The molecule has 3 fully saturated rings. The maximum absolute atomic E-state index is 12.6. The summed E-state index contributed by atoms with van der Waals surface area (Å²) >= 11 is 0. The fourth-order valence-corrected chi connectivity index (χ4v) is 4.33. The van der Waals surface area contributed by atoms with E-state index in [1.54, 1.807) is 0 Å². The lowest BCUT2D eigenvalue weighted by molar-refractivity contribution is -0.136. The van der Waals surface area contributed by atoms with Gasteiger partial charge in [-0.3, -0.25) is 9.69 Å². The second-order valence-corrected chi connectivity index (χ2v) is 7.09. The Balaban J connectivity index is 1.50. The Labute approximate surface area is 122 Å².